The molecule has 0 amide bonds. The predicted molar refractivity (Wildman–Crippen MR) is 55.7 cm³/mol. The first kappa shape index (κ1) is 10.4. The average Bonchev–Trinajstić information content (AvgIpc) is 2.70. The number of hydrogen-bond donors (Lipinski definition) is 1. The van der Waals surface area contributed by atoms with Crippen LogP contribution < -0.4 is 0 Å². The van der Waals surface area contributed by atoms with Crippen molar-refractivity contribution in [1.82, 2.24) is 0 Å². The third-order valence-electron chi connectivity index (χ3n) is 3.78. The van der Waals surface area contributed by atoms with Crippen molar-refractivity contribution in [3.05, 3.63) is 12.2 Å². The Hall–Kier alpha value is -0.710. The van der Waals surface area contributed by atoms with E-state index < -0.39 is 11.9 Å². The number of rotatable bonds is 1. The number of hydrogen-bond acceptors (Lipinski definition) is 4. The van der Waals surface area contributed by atoms with Gasteiger partial charge in [-0.05, 0) is 18.9 Å². The topological polar surface area (TPSA) is 55.8 Å². The molecule has 1 aliphatic carbocycles. The molecule has 4 atom stereocenters. The maximum Gasteiger partial charge on any atom is 0.191 e. The zero-order valence-electron chi connectivity index (χ0n) is 9.09. The highest BCUT2D eigenvalue weighted by atomic mass is 16.7. The summed E-state index contributed by atoms with van der Waals surface area (Å²) in [5.74, 6) is -0.225. The number of carbonyl (C=O) groups excluding carboxylic acids is 1. The van der Waals surface area contributed by atoms with Crippen LogP contribution in [0.3, 0.4) is 0 Å². The van der Waals surface area contributed by atoms with Crippen LogP contribution in [0.25, 0.3) is 0 Å². The van der Waals surface area contributed by atoms with Gasteiger partial charge in [0.15, 0.2) is 6.29 Å². The fourth-order valence-electron chi connectivity index (χ4n) is 2.86. The molecule has 1 saturated carbocycles. The number of Topliss-reactive ketones (excluding diaryl/α,β-unsaturated/α-hetero) is 1. The van der Waals surface area contributed by atoms with E-state index in [4.69, 9.17) is 9.47 Å². The van der Waals surface area contributed by atoms with E-state index in [0.29, 0.717) is 13.0 Å². The lowest BCUT2D eigenvalue weighted by Crippen LogP contribution is -2.53. The van der Waals surface area contributed by atoms with Gasteiger partial charge in [-0.25, -0.2) is 0 Å². The lowest BCUT2D eigenvalue weighted by Gasteiger charge is -2.39. The molecule has 2 bridgehead atoms. The summed E-state index contributed by atoms with van der Waals surface area (Å²) in [6, 6.07) is 0. The van der Waals surface area contributed by atoms with Crippen LogP contribution in [0.5, 0.6) is 0 Å². The maximum atomic E-state index is 11.9. The van der Waals surface area contributed by atoms with Gasteiger partial charge in [0, 0.05) is 6.42 Å². The van der Waals surface area contributed by atoms with Crippen LogP contribution in [-0.2, 0) is 14.3 Å². The van der Waals surface area contributed by atoms with Gasteiger partial charge in [-0.3, -0.25) is 4.79 Å². The van der Waals surface area contributed by atoms with Crippen molar-refractivity contribution >= 4 is 5.78 Å². The second-order valence-corrected chi connectivity index (χ2v) is 4.85. The fourth-order valence-corrected chi connectivity index (χ4v) is 2.86. The van der Waals surface area contributed by atoms with Crippen molar-refractivity contribution in [3.8, 4) is 0 Å². The molecule has 0 aromatic rings. The second kappa shape index (κ2) is 3.65. The molecule has 16 heavy (non-hydrogen) atoms. The smallest absolute Gasteiger partial charge is 0.191 e. The zero-order valence-corrected chi connectivity index (χ0v) is 9.09. The SMILES string of the molecule is O=C1CCCCC1[C@]1(O)C=C[C@H]2CO[C@@H]1O2. The molecule has 2 fully saturated rings. The summed E-state index contributed by atoms with van der Waals surface area (Å²) < 4.78 is 10.9. The second-order valence-electron chi connectivity index (χ2n) is 4.85. The fraction of sp³-hybridized carbons (Fsp3) is 0.750. The number of aliphatic hydroxyl groups is 1. The minimum atomic E-state index is -1.25. The Balaban J connectivity index is 1.89. The van der Waals surface area contributed by atoms with E-state index in [1.54, 1.807) is 6.08 Å². The van der Waals surface area contributed by atoms with Gasteiger partial charge in [0.2, 0.25) is 0 Å². The molecule has 3 aliphatic rings. The summed E-state index contributed by atoms with van der Waals surface area (Å²) in [6.07, 6.45) is 6.04. The lowest BCUT2D eigenvalue weighted by molar-refractivity contribution is -0.195. The van der Waals surface area contributed by atoms with Gasteiger partial charge in [0.1, 0.15) is 17.5 Å². The molecular formula is C12H16O4. The normalized spacial score (nSPS) is 47.3. The van der Waals surface area contributed by atoms with Gasteiger partial charge >= 0.3 is 0 Å². The molecular weight excluding hydrogens is 208 g/mol. The van der Waals surface area contributed by atoms with Gasteiger partial charge < -0.3 is 14.6 Å². The van der Waals surface area contributed by atoms with Crippen LogP contribution in [-0.4, -0.2) is 35.5 Å². The molecule has 1 unspecified atom stereocenters. The molecule has 0 spiro atoms. The first-order chi connectivity index (χ1) is 7.70. The van der Waals surface area contributed by atoms with Crippen LogP contribution in [0.2, 0.25) is 0 Å². The van der Waals surface area contributed by atoms with Gasteiger partial charge in [-0.1, -0.05) is 12.5 Å². The molecule has 0 aromatic heterocycles. The van der Waals surface area contributed by atoms with Gasteiger partial charge in [0.25, 0.3) is 0 Å². The molecule has 1 N–H and O–H groups in total. The van der Waals surface area contributed by atoms with Crippen molar-refractivity contribution in [1.29, 1.82) is 0 Å². The van der Waals surface area contributed by atoms with Crippen molar-refractivity contribution in [2.24, 2.45) is 5.92 Å². The lowest BCUT2D eigenvalue weighted by atomic mass is 9.75. The number of fused-ring (bicyclic) bond motifs is 2. The monoisotopic (exact) mass is 224 g/mol. The first-order valence-corrected chi connectivity index (χ1v) is 5.91. The van der Waals surface area contributed by atoms with E-state index in [0.717, 1.165) is 19.3 Å². The van der Waals surface area contributed by atoms with E-state index in [1.807, 2.05) is 6.08 Å². The third-order valence-corrected chi connectivity index (χ3v) is 3.78. The number of carbonyl (C=O) groups is 1. The van der Waals surface area contributed by atoms with Crippen LogP contribution in [0.4, 0.5) is 0 Å². The van der Waals surface area contributed by atoms with Crippen LogP contribution in [0.15, 0.2) is 12.2 Å². The first-order valence-electron chi connectivity index (χ1n) is 5.91. The third kappa shape index (κ3) is 1.44. The Kier molecular flexibility index (Phi) is 2.38. The molecule has 3 rings (SSSR count). The van der Waals surface area contributed by atoms with Crippen LogP contribution in [0.1, 0.15) is 25.7 Å². The van der Waals surface area contributed by atoms with Crippen molar-refractivity contribution < 1.29 is 19.4 Å². The van der Waals surface area contributed by atoms with Crippen LogP contribution >= 0.6 is 0 Å². The van der Waals surface area contributed by atoms with Gasteiger partial charge in [-0.2, -0.15) is 0 Å². The predicted octanol–water partition coefficient (Wildman–Crippen LogP) is 0.788. The van der Waals surface area contributed by atoms with Crippen molar-refractivity contribution in [2.45, 2.75) is 43.7 Å². The van der Waals surface area contributed by atoms with Gasteiger partial charge in [0.05, 0.1) is 12.5 Å². The van der Waals surface area contributed by atoms with E-state index >= 15 is 0 Å². The minimum Gasteiger partial charge on any atom is -0.380 e. The molecule has 4 nitrogen and oxygen atoms in total. The highest BCUT2D eigenvalue weighted by Gasteiger charge is 2.52. The molecule has 4 heteroatoms. The van der Waals surface area contributed by atoms with E-state index in [-0.39, 0.29) is 17.8 Å². The molecule has 88 valence electrons. The summed E-state index contributed by atoms with van der Waals surface area (Å²) >= 11 is 0. The summed E-state index contributed by atoms with van der Waals surface area (Å²) in [6.45, 7) is 0.477. The zero-order chi connectivity index (χ0) is 11.2. The van der Waals surface area contributed by atoms with Gasteiger partial charge in [-0.15, -0.1) is 0 Å². The summed E-state index contributed by atoms with van der Waals surface area (Å²) in [5.41, 5.74) is -1.25. The van der Waals surface area contributed by atoms with Crippen molar-refractivity contribution in [2.75, 3.05) is 6.61 Å². The molecule has 1 saturated heterocycles. The Morgan fingerprint density at radius 2 is 2.31 bits per heavy atom. The van der Waals surface area contributed by atoms with Crippen LogP contribution in [0, 0.1) is 5.92 Å². The number of ether oxygens (including phenoxy) is 2. The maximum absolute atomic E-state index is 11.9. The average molecular weight is 224 g/mol. The Morgan fingerprint density at radius 3 is 3.12 bits per heavy atom. The quantitative estimate of drug-likeness (QED) is 0.669. The Bertz CT molecular complexity index is 338. The van der Waals surface area contributed by atoms with Crippen molar-refractivity contribution in [3.63, 3.8) is 0 Å². The summed E-state index contributed by atoms with van der Waals surface area (Å²) in [4.78, 5) is 11.9. The summed E-state index contributed by atoms with van der Waals surface area (Å²) in [5, 5.41) is 10.6. The summed E-state index contributed by atoms with van der Waals surface area (Å²) in [7, 11) is 0. The van der Waals surface area contributed by atoms with E-state index in [1.165, 1.54) is 0 Å². The molecule has 0 radical (unpaired) electrons. The molecule has 2 aliphatic heterocycles. The molecule has 0 aromatic carbocycles. The Labute approximate surface area is 94.2 Å². The van der Waals surface area contributed by atoms with E-state index in [2.05, 4.69) is 0 Å². The number of ketones is 1. The Morgan fingerprint density at radius 1 is 1.44 bits per heavy atom. The van der Waals surface area contributed by atoms with E-state index in [9.17, 15) is 9.90 Å². The minimum absolute atomic E-state index is 0.0519. The standard InChI is InChI=1S/C12H16O4/c13-10-4-2-1-3-9(10)12(14)6-5-8-7-15-11(12)16-8/h5-6,8-9,11,14H,1-4,7H2/t8-,9?,11+,12+/m0/s1. The highest BCUT2D eigenvalue weighted by Crippen LogP contribution is 2.40. The highest BCUT2D eigenvalue weighted by molar-refractivity contribution is 5.83. The molecule has 2 heterocycles. The largest absolute Gasteiger partial charge is 0.380 e.